The second-order valence-electron chi connectivity index (χ2n) is 3.90. The molecule has 16 heavy (non-hydrogen) atoms. The Balaban J connectivity index is 2.09. The Bertz CT molecular complexity index is 481. The van der Waals surface area contributed by atoms with Crippen molar-refractivity contribution >= 4 is 16.1 Å². The van der Waals surface area contributed by atoms with Crippen LogP contribution >= 0.6 is 0 Å². The lowest BCUT2D eigenvalue weighted by Gasteiger charge is -2.05. The summed E-state index contributed by atoms with van der Waals surface area (Å²) in [4.78, 5) is 4.12. The number of sulfone groups is 1. The molecule has 1 heterocycles. The zero-order valence-electron chi connectivity index (χ0n) is 8.65. The van der Waals surface area contributed by atoms with E-state index >= 15 is 0 Å². The fourth-order valence-corrected chi connectivity index (χ4v) is 3.38. The maximum absolute atomic E-state index is 11.2. The number of nitrogens with zero attached hydrogens (tertiary/aromatic N) is 1. The summed E-state index contributed by atoms with van der Waals surface area (Å²) in [5.41, 5.74) is 0.902. The summed E-state index contributed by atoms with van der Waals surface area (Å²) >= 11 is 0. The van der Waals surface area contributed by atoms with Crippen molar-refractivity contribution in [2.24, 2.45) is 4.99 Å². The average molecular weight is 239 g/mol. The van der Waals surface area contributed by atoms with E-state index in [1.807, 2.05) is 30.3 Å². The van der Waals surface area contributed by atoms with Gasteiger partial charge in [0.1, 0.15) is 0 Å². The van der Waals surface area contributed by atoms with Crippen molar-refractivity contribution in [3.63, 3.8) is 0 Å². The molecule has 0 amide bonds. The Morgan fingerprint density at radius 2 is 1.94 bits per heavy atom. The van der Waals surface area contributed by atoms with Crippen molar-refractivity contribution in [2.45, 2.75) is 12.1 Å². The van der Waals surface area contributed by atoms with Gasteiger partial charge in [0, 0.05) is 6.21 Å². The largest absolute Gasteiger partial charge is 0.390 e. The minimum atomic E-state index is -3.11. The SMILES string of the molecule is O=S1(=O)C[C@@H](O)[C@@H](N=Cc2ccccc2)C1. The number of hydrogen-bond donors (Lipinski definition) is 1. The molecule has 86 valence electrons. The van der Waals surface area contributed by atoms with E-state index in [1.54, 1.807) is 6.21 Å². The van der Waals surface area contributed by atoms with Gasteiger partial charge >= 0.3 is 0 Å². The average Bonchev–Trinajstić information content (AvgIpc) is 2.50. The minimum absolute atomic E-state index is 0.0580. The third kappa shape index (κ3) is 2.68. The first-order valence-electron chi connectivity index (χ1n) is 5.03. The number of aliphatic imine (C=N–C) groups is 1. The zero-order chi connectivity index (χ0) is 11.6. The van der Waals surface area contributed by atoms with Gasteiger partial charge in [0.05, 0.1) is 23.7 Å². The molecule has 4 nitrogen and oxygen atoms in total. The normalized spacial score (nSPS) is 28.6. The van der Waals surface area contributed by atoms with Crippen LogP contribution in [0.15, 0.2) is 35.3 Å². The van der Waals surface area contributed by atoms with Gasteiger partial charge in [-0.1, -0.05) is 30.3 Å². The molecule has 1 aromatic rings. The first-order chi connectivity index (χ1) is 7.57. The lowest BCUT2D eigenvalue weighted by Crippen LogP contribution is -2.21. The molecule has 1 aromatic carbocycles. The Hall–Kier alpha value is -1.20. The highest BCUT2D eigenvalue weighted by Crippen LogP contribution is 2.15. The lowest BCUT2D eigenvalue weighted by atomic mass is 10.2. The predicted molar refractivity (Wildman–Crippen MR) is 62.5 cm³/mol. The molecule has 0 radical (unpaired) electrons. The third-order valence-electron chi connectivity index (χ3n) is 2.51. The highest BCUT2D eigenvalue weighted by Gasteiger charge is 2.35. The fraction of sp³-hybridized carbons (Fsp3) is 0.364. The molecule has 2 rings (SSSR count). The molecule has 5 heteroatoms. The van der Waals surface area contributed by atoms with Crippen molar-refractivity contribution in [3.8, 4) is 0 Å². The fourth-order valence-electron chi connectivity index (χ4n) is 1.67. The molecule has 2 atom stereocenters. The summed E-state index contributed by atoms with van der Waals surface area (Å²) in [7, 11) is -3.11. The summed E-state index contributed by atoms with van der Waals surface area (Å²) in [6, 6.07) is 8.88. The van der Waals surface area contributed by atoms with Crippen LogP contribution in [0.3, 0.4) is 0 Å². The van der Waals surface area contributed by atoms with E-state index in [4.69, 9.17) is 0 Å². The molecule has 0 aliphatic carbocycles. The van der Waals surface area contributed by atoms with Crippen LogP contribution < -0.4 is 0 Å². The van der Waals surface area contributed by atoms with Crippen molar-refractivity contribution in [1.29, 1.82) is 0 Å². The highest BCUT2D eigenvalue weighted by atomic mass is 32.2. The molecule has 0 unspecified atom stereocenters. The Labute approximate surface area is 94.6 Å². The van der Waals surface area contributed by atoms with E-state index in [0.717, 1.165) is 5.56 Å². The van der Waals surface area contributed by atoms with Crippen LogP contribution in [-0.4, -0.2) is 43.4 Å². The van der Waals surface area contributed by atoms with Crippen LogP contribution in [0.1, 0.15) is 5.56 Å². The van der Waals surface area contributed by atoms with Crippen LogP contribution in [0.2, 0.25) is 0 Å². The monoisotopic (exact) mass is 239 g/mol. The molecule has 1 aliphatic heterocycles. The highest BCUT2D eigenvalue weighted by molar-refractivity contribution is 7.91. The number of hydrogen-bond acceptors (Lipinski definition) is 4. The second-order valence-corrected chi connectivity index (χ2v) is 6.05. The van der Waals surface area contributed by atoms with Gasteiger partial charge in [-0.05, 0) is 5.56 Å². The van der Waals surface area contributed by atoms with E-state index in [2.05, 4.69) is 4.99 Å². The summed E-state index contributed by atoms with van der Waals surface area (Å²) < 4.78 is 22.5. The van der Waals surface area contributed by atoms with E-state index in [9.17, 15) is 13.5 Å². The van der Waals surface area contributed by atoms with Crippen LogP contribution in [0.4, 0.5) is 0 Å². The lowest BCUT2D eigenvalue weighted by molar-refractivity contribution is 0.184. The Kier molecular flexibility index (Phi) is 3.07. The molecular weight excluding hydrogens is 226 g/mol. The van der Waals surface area contributed by atoms with E-state index in [1.165, 1.54) is 0 Å². The smallest absolute Gasteiger partial charge is 0.155 e. The van der Waals surface area contributed by atoms with E-state index in [0.29, 0.717) is 0 Å². The summed E-state index contributed by atoms with van der Waals surface area (Å²) in [5.74, 6) is -0.235. The quantitative estimate of drug-likeness (QED) is 0.753. The number of rotatable bonds is 2. The predicted octanol–water partition coefficient (Wildman–Crippen LogP) is 0.263. The van der Waals surface area contributed by atoms with Crippen LogP contribution in [0, 0.1) is 0 Å². The van der Waals surface area contributed by atoms with Gasteiger partial charge in [-0.2, -0.15) is 0 Å². The standard InChI is InChI=1S/C11H13NO3S/c13-11-8-16(14,15)7-10(11)12-6-9-4-2-1-3-5-9/h1-6,10-11,13H,7-8H2/t10-,11+/m0/s1. The zero-order valence-corrected chi connectivity index (χ0v) is 9.47. The van der Waals surface area contributed by atoms with Gasteiger partial charge in [-0.15, -0.1) is 0 Å². The maximum Gasteiger partial charge on any atom is 0.155 e. The summed E-state index contributed by atoms with van der Waals surface area (Å²) in [5, 5.41) is 9.51. The summed E-state index contributed by atoms with van der Waals surface area (Å²) in [6.45, 7) is 0. The van der Waals surface area contributed by atoms with Gasteiger partial charge < -0.3 is 5.11 Å². The van der Waals surface area contributed by atoms with Crippen molar-refractivity contribution in [2.75, 3.05) is 11.5 Å². The van der Waals surface area contributed by atoms with Crippen molar-refractivity contribution < 1.29 is 13.5 Å². The molecule has 1 fully saturated rings. The topological polar surface area (TPSA) is 66.7 Å². The van der Waals surface area contributed by atoms with Crippen LogP contribution in [-0.2, 0) is 9.84 Å². The van der Waals surface area contributed by atoms with Gasteiger partial charge in [0.2, 0.25) is 0 Å². The molecular formula is C11H13NO3S. The minimum Gasteiger partial charge on any atom is -0.390 e. The van der Waals surface area contributed by atoms with Crippen LogP contribution in [0.25, 0.3) is 0 Å². The van der Waals surface area contributed by atoms with Crippen LogP contribution in [0.5, 0.6) is 0 Å². The molecule has 0 spiro atoms. The third-order valence-corrected chi connectivity index (χ3v) is 4.21. The van der Waals surface area contributed by atoms with Crippen molar-refractivity contribution in [1.82, 2.24) is 0 Å². The molecule has 0 aromatic heterocycles. The molecule has 0 saturated carbocycles. The van der Waals surface area contributed by atoms with E-state index in [-0.39, 0.29) is 11.5 Å². The Morgan fingerprint density at radius 1 is 1.25 bits per heavy atom. The molecule has 1 N–H and O–H groups in total. The molecule has 0 bridgehead atoms. The van der Waals surface area contributed by atoms with Gasteiger partial charge in [-0.25, -0.2) is 8.42 Å². The second kappa shape index (κ2) is 4.35. The van der Waals surface area contributed by atoms with Gasteiger partial charge in [0.25, 0.3) is 0 Å². The molecule has 1 saturated heterocycles. The Morgan fingerprint density at radius 3 is 2.50 bits per heavy atom. The first kappa shape index (κ1) is 11.3. The number of benzene rings is 1. The van der Waals surface area contributed by atoms with Gasteiger partial charge in [-0.3, -0.25) is 4.99 Å². The summed E-state index contributed by atoms with van der Waals surface area (Å²) in [6.07, 6.45) is 0.735. The maximum atomic E-state index is 11.2. The number of aliphatic hydroxyl groups excluding tert-OH is 1. The van der Waals surface area contributed by atoms with E-state index < -0.39 is 22.0 Å². The number of aliphatic hydroxyl groups is 1. The van der Waals surface area contributed by atoms with Gasteiger partial charge in [0.15, 0.2) is 9.84 Å². The van der Waals surface area contributed by atoms with Crippen molar-refractivity contribution in [3.05, 3.63) is 35.9 Å². The molecule has 1 aliphatic rings. The first-order valence-corrected chi connectivity index (χ1v) is 6.86.